The van der Waals surface area contributed by atoms with Crippen LogP contribution in [0.4, 0.5) is 4.39 Å². The van der Waals surface area contributed by atoms with Gasteiger partial charge < -0.3 is 10.6 Å². The molecule has 1 saturated carbocycles. The Morgan fingerprint density at radius 1 is 1.28 bits per heavy atom. The summed E-state index contributed by atoms with van der Waals surface area (Å²) in [5.41, 5.74) is 6.42. The molecule has 98 valence electrons. The second-order valence-corrected chi connectivity index (χ2v) is 4.79. The lowest BCUT2D eigenvalue weighted by Gasteiger charge is -2.28. The molecule has 0 atom stereocenters. The van der Waals surface area contributed by atoms with E-state index in [1.807, 2.05) is 4.90 Å². The van der Waals surface area contributed by atoms with Gasteiger partial charge in [0.15, 0.2) is 0 Å². The molecule has 1 amide bonds. The van der Waals surface area contributed by atoms with Gasteiger partial charge in [-0.15, -0.1) is 0 Å². The van der Waals surface area contributed by atoms with Crippen molar-refractivity contribution in [1.29, 1.82) is 0 Å². The van der Waals surface area contributed by atoms with Gasteiger partial charge in [-0.2, -0.15) is 0 Å². The Balaban J connectivity index is 2.09. The zero-order valence-corrected chi connectivity index (χ0v) is 10.4. The highest BCUT2D eigenvalue weighted by Crippen LogP contribution is 2.25. The number of nitrogens with two attached hydrogens (primary N) is 1. The van der Waals surface area contributed by atoms with Crippen LogP contribution in [0, 0.1) is 5.82 Å². The third-order valence-electron chi connectivity index (χ3n) is 3.53. The van der Waals surface area contributed by atoms with E-state index in [4.69, 9.17) is 5.73 Å². The summed E-state index contributed by atoms with van der Waals surface area (Å²) >= 11 is 0. The maximum absolute atomic E-state index is 12.8. The fourth-order valence-electron chi connectivity index (χ4n) is 2.54. The van der Waals surface area contributed by atoms with Crippen LogP contribution in [0.15, 0.2) is 24.3 Å². The van der Waals surface area contributed by atoms with Gasteiger partial charge in [-0.1, -0.05) is 25.0 Å². The Labute approximate surface area is 107 Å². The first-order chi connectivity index (χ1) is 8.70. The lowest BCUT2D eigenvalue weighted by atomic mass is 10.1. The van der Waals surface area contributed by atoms with E-state index in [0.29, 0.717) is 12.6 Å². The molecule has 0 unspecified atom stereocenters. The number of hydrogen-bond acceptors (Lipinski definition) is 2. The summed E-state index contributed by atoms with van der Waals surface area (Å²) in [7, 11) is 0. The van der Waals surface area contributed by atoms with Gasteiger partial charge in [0, 0.05) is 12.6 Å². The standard InChI is InChI=1S/C14H19FN2O/c15-12-7-5-11(6-8-12)10-17(14(18)9-16)13-3-1-2-4-13/h5-8,13H,1-4,9-10,16H2. The summed E-state index contributed by atoms with van der Waals surface area (Å²) < 4.78 is 12.8. The van der Waals surface area contributed by atoms with Gasteiger partial charge in [-0.25, -0.2) is 4.39 Å². The normalized spacial score (nSPS) is 15.9. The highest BCUT2D eigenvalue weighted by atomic mass is 19.1. The molecular weight excluding hydrogens is 231 g/mol. The predicted molar refractivity (Wildman–Crippen MR) is 68.3 cm³/mol. The molecule has 0 heterocycles. The average molecular weight is 250 g/mol. The van der Waals surface area contributed by atoms with Crippen LogP contribution in [0.5, 0.6) is 0 Å². The molecule has 0 spiro atoms. The monoisotopic (exact) mass is 250 g/mol. The Morgan fingerprint density at radius 2 is 1.89 bits per heavy atom. The Kier molecular flexibility index (Phi) is 4.31. The van der Waals surface area contributed by atoms with Gasteiger partial charge in [-0.05, 0) is 30.5 Å². The molecule has 0 aromatic heterocycles. The van der Waals surface area contributed by atoms with E-state index in [9.17, 15) is 9.18 Å². The van der Waals surface area contributed by atoms with Gasteiger partial charge in [0.05, 0.1) is 6.54 Å². The molecule has 0 aliphatic heterocycles. The van der Waals surface area contributed by atoms with Crippen LogP contribution >= 0.6 is 0 Å². The number of carbonyl (C=O) groups is 1. The molecule has 1 aliphatic carbocycles. The number of benzene rings is 1. The SMILES string of the molecule is NCC(=O)N(Cc1ccc(F)cc1)C1CCCC1. The Hall–Kier alpha value is -1.42. The van der Waals surface area contributed by atoms with E-state index in [1.54, 1.807) is 12.1 Å². The van der Waals surface area contributed by atoms with Crippen molar-refractivity contribution >= 4 is 5.91 Å². The van der Waals surface area contributed by atoms with Crippen molar-refractivity contribution in [3.63, 3.8) is 0 Å². The van der Waals surface area contributed by atoms with E-state index in [2.05, 4.69) is 0 Å². The number of rotatable bonds is 4. The quantitative estimate of drug-likeness (QED) is 0.889. The third kappa shape index (κ3) is 3.07. The van der Waals surface area contributed by atoms with Crippen LogP contribution < -0.4 is 5.73 Å². The van der Waals surface area contributed by atoms with Crippen molar-refractivity contribution in [3.05, 3.63) is 35.6 Å². The highest BCUT2D eigenvalue weighted by Gasteiger charge is 2.25. The van der Waals surface area contributed by atoms with Crippen LogP contribution in [0.3, 0.4) is 0 Å². The van der Waals surface area contributed by atoms with Crippen LogP contribution in [0.25, 0.3) is 0 Å². The summed E-state index contributed by atoms with van der Waals surface area (Å²) in [5.74, 6) is -0.275. The summed E-state index contributed by atoms with van der Waals surface area (Å²) in [6.45, 7) is 0.568. The number of hydrogen-bond donors (Lipinski definition) is 1. The van der Waals surface area contributed by atoms with Crippen LogP contribution in [-0.4, -0.2) is 23.4 Å². The first kappa shape index (κ1) is 13.0. The summed E-state index contributed by atoms with van der Waals surface area (Å²) in [4.78, 5) is 13.7. The maximum atomic E-state index is 12.8. The molecule has 3 nitrogen and oxygen atoms in total. The highest BCUT2D eigenvalue weighted by molar-refractivity contribution is 5.78. The minimum Gasteiger partial charge on any atom is -0.334 e. The summed E-state index contributed by atoms with van der Waals surface area (Å²) in [6.07, 6.45) is 4.44. The molecule has 4 heteroatoms. The van der Waals surface area contributed by atoms with Gasteiger partial charge in [0.1, 0.15) is 5.82 Å². The minimum atomic E-state index is -0.253. The first-order valence-electron chi connectivity index (χ1n) is 6.44. The summed E-state index contributed by atoms with van der Waals surface area (Å²) in [5, 5.41) is 0. The van der Waals surface area contributed by atoms with Crippen LogP contribution in [0.2, 0.25) is 0 Å². The number of halogens is 1. The van der Waals surface area contributed by atoms with E-state index in [-0.39, 0.29) is 18.3 Å². The molecule has 18 heavy (non-hydrogen) atoms. The lowest BCUT2D eigenvalue weighted by Crippen LogP contribution is -2.41. The van der Waals surface area contributed by atoms with Crippen molar-refractivity contribution in [3.8, 4) is 0 Å². The number of nitrogens with zero attached hydrogens (tertiary/aromatic N) is 1. The van der Waals surface area contributed by atoms with E-state index < -0.39 is 0 Å². The lowest BCUT2D eigenvalue weighted by molar-refractivity contribution is -0.132. The van der Waals surface area contributed by atoms with Crippen molar-refractivity contribution < 1.29 is 9.18 Å². The molecule has 0 saturated heterocycles. The van der Waals surface area contributed by atoms with Gasteiger partial charge >= 0.3 is 0 Å². The Bertz CT molecular complexity index is 399. The fourth-order valence-corrected chi connectivity index (χ4v) is 2.54. The molecule has 2 rings (SSSR count). The van der Waals surface area contributed by atoms with Gasteiger partial charge in [-0.3, -0.25) is 4.79 Å². The number of carbonyl (C=O) groups excluding carboxylic acids is 1. The van der Waals surface area contributed by atoms with Gasteiger partial charge in [0.2, 0.25) is 5.91 Å². The van der Waals surface area contributed by atoms with E-state index >= 15 is 0 Å². The van der Waals surface area contributed by atoms with Gasteiger partial charge in [0.25, 0.3) is 0 Å². The summed E-state index contributed by atoms with van der Waals surface area (Å²) in [6, 6.07) is 6.60. The minimum absolute atomic E-state index is 0.0220. The predicted octanol–water partition coefficient (Wildman–Crippen LogP) is 2.06. The maximum Gasteiger partial charge on any atom is 0.236 e. The van der Waals surface area contributed by atoms with Crippen LogP contribution in [-0.2, 0) is 11.3 Å². The van der Waals surface area contributed by atoms with E-state index in [0.717, 1.165) is 18.4 Å². The number of amides is 1. The topological polar surface area (TPSA) is 46.3 Å². The van der Waals surface area contributed by atoms with Crippen molar-refractivity contribution in [1.82, 2.24) is 4.90 Å². The fraction of sp³-hybridized carbons (Fsp3) is 0.500. The zero-order chi connectivity index (χ0) is 13.0. The second-order valence-electron chi connectivity index (χ2n) is 4.79. The largest absolute Gasteiger partial charge is 0.334 e. The van der Waals surface area contributed by atoms with Crippen molar-refractivity contribution in [2.45, 2.75) is 38.3 Å². The molecule has 1 aromatic carbocycles. The first-order valence-corrected chi connectivity index (χ1v) is 6.44. The molecule has 1 aromatic rings. The zero-order valence-electron chi connectivity index (χ0n) is 10.4. The average Bonchev–Trinajstić information content (AvgIpc) is 2.91. The second kappa shape index (κ2) is 5.96. The third-order valence-corrected chi connectivity index (χ3v) is 3.53. The van der Waals surface area contributed by atoms with E-state index in [1.165, 1.54) is 25.0 Å². The smallest absolute Gasteiger partial charge is 0.236 e. The molecule has 0 radical (unpaired) electrons. The molecule has 2 N–H and O–H groups in total. The molecule has 0 bridgehead atoms. The van der Waals surface area contributed by atoms with Crippen molar-refractivity contribution in [2.75, 3.05) is 6.54 Å². The van der Waals surface area contributed by atoms with Crippen LogP contribution in [0.1, 0.15) is 31.2 Å². The Morgan fingerprint density at radius 3 is 2.44 bits per heavy atom. The molecular formula is C14H19FN2O. The van der Waals surface area contributed by atoms with Crippen molar-refractivity contribution in [2.24, 2.45) is 5.73 Å². The molecule has 1 aliphatic rings. The molecule has 1 fully saturated rings.